The highest BCUT2D eigenvalue weighted by atomic mass is 79.9. The predicted molar refractivity (Wildman–Crippen MR) is 103 cm³/mol. The number of nitrogens with zero attached hydrogens (tertiary/aromatic N) is 1. The smallest absolute Gasteiger partial charge is 0.372 e. The molecular weight excluding hydrogens is 414 g/mol. The van der Waals surface area contributed by atoms with Crippen LogP contribution in [0.5, 0.6) is 0 Å². The molecule has 6 nitrogen and oxygen atoms in total. The molecule has 3 atom stereocenters. The van der Waals surface area contributed by atoms with E-state index >= 15 is 0 Å². The first-order valence-electron chi connectivity index (χ1n) is 9.04. The van der Waals surface area contributed by atoms with E-state index in [0.717, 1.165) is 24.2 Å². The molecule has 2 amide bonds. The highest BCUT2D eigenvalue weighted by molar-refractivity contribution is 9.10. The second-order valence-corrected chi connectivity index (χ2v) is 8.44. The number of halogens is 1. The van der Waals surface area contributed by atoms with Gasteiger partial charge in [-0.1, -0.05) is 59.6 Å². The lowest BCUT2D eigenvalue weighted by Gasteiger charge is -2.51. The fraction of sp³-hybridized carbons (Fsp3) is 0.450. The lowest BCUT2D eigenvalue weighted by atomic mass is 9.79. The van der Waals surface area contributed by atoms with Crippen LogP contribution in [0.25, 0.3) is 5.57 Å². The fourth-order valence-electron chi connectivity index (χ4n) is 3.91. The summed E-state index contributed by atoms with van der Waals surface area (Å²) in [5.41, 5.74) is -0.938. The van der Waals surface area contributed by atoms with Crippen molar-refractivity contribution in [1.29, 1.82) is 0 Å². The van der Waals surface area contributed by atoms with Crippen molar-refractivity contribution in [3.63, 3.8) is 0 Å². The lowest BCUT2D eigenvalue weighted by Crippen LogP contribution is -2.64. The van der Waals surface area contributed by atoms with Crippen LogP contribution in [-0.4, -0.2) is 38.3 Å². The maximum atomic E-state index is 13.5. The number of aliphatic carboxylic acids is 1. The maximum absolute atomic E-state index is 13.5. The van der Waals surface area contributed by atoms with E-state index in [9.17, 15) is 19.5 Å². The Balaban J connectivity index is 2.24. The van der Waals surface area contributed by atoms with Crippen LogP contribution in [0.4, 0.5) is 0 Å². The molecule has 0 bridgehead atoms. The van der Waals surface area contributed by atoms with Gasteiger partial charge in [-0.25, -0.2) is 9.69 Å². The van der Waals surface area contributed by atoms with Gasteiger partial charge in [-0.3, -0.25) is 9.59 Å². The Morgan fingerprint density at radius 1 is 1.30 bits per heavy atom. The van der Waals surface area contributed by atoms with Crippen molar-refractivity contribution >= 4 is 39.3 Å². The van der Waals surface area contributed by atoms with Crippen molar-refractivity contribution in [1.82, 2.24) is 4.90 Å². The summed E-state index contributed by atoms with van der Waals surface area (Å²) in [5.74, 6) is -2.90. The number of carboxylic acid groups (broad SMARTS) is 1. The Bertz CT molecular complexity index is 804. The molecule has 1 heterocycles. The van der Waals surface area contributed by atoms with Crippen molar-refractivity contribution in [2.75, 3.05) is 0 Å². The van der Waals surface area contributed by atoms with E-state index in [0.29, 0.717) is 12.0 Å². The van der Waals surface area contributed by atoms with Gasteiger partial charge in [-0.05, 0) is 25.3 Å². The fourth-order valence-corrected chi connectivity index (χ4v) is 4.12. The molecule has 1 aromatic rings. The van der Waals surface area contributed by atoms with Gasteiger partial charge in [-0.2, -0.15) is 0 Å². The van der Waals surface area contributed by atoms with Gasteiger partial charge in [0, 0.05) is 12.3 Å². The van der Waals surface area contributed by atoms with Gasteiger partial charge in [0.2, 0.25) is 11.7 Å². The van der Waals surface area contributed by atoms with Crippen molar-refractivity contribution < 1.29 is 24.2 Å². The molecule has 1 aromatic carbocycles. The molecule has 1 aliphatic carbocycles. The second kappa shape index (κ2) is 7.46. The average Bonchev–Trinajstić information content (AvgIpc) is 2.64. The molecule has 0 radical (unpaired) electrons. The Labute approximate surface area is 166 Å². The number of amides is 2. The van der Waals surface area contributed by atoms with Gasteiger partial charge in [0.15, 0.2) is 5.72 Å². The van der Waals surface area contributed by atoms with Crippen molar-refractivity contribution in [3.05, 3.63) is 41.7 Å². The van der Waals surface area contributed by atoms with Gasteiger partial charge < -0.3 is 9.84 Å². The largest absolute Gasteiger partial charge is 0.475 e. The van der Waals surface area contributed by atoms with Gasteiger partial charge in [0.1, 0.15) is 0 Å². The summed E-state index contributed by atoms with van der Waals surface area (Å²) in [6, 6.07) is 8.47. The molecule has 1 spiro atoms. The van der Waals surface area contributed by atoms with Gasteiger partial charge in [-0.15, -0.1) is 0 Å². The lowest BCUT2D eigenvalue weighted by molar-refractivity contribution is -0.201. The normalized spacial score (nSPS) is 26.7. The molecule has 1 N–H and O–H groups in total. The van der Waals surface area contributed by atoms with Crippen LogP contribution in [0.2, 0.25) is 0 Å². The molecule has 1 saturated carbocycles. The van der Waals surface area contributed by atoms with Crippen LogP contribution in [-0.2, 0) is 19.1 Å². The van der Waals surface area contributed by atoms with Crippen LogP contribution in [0.1, 0.15) is 45.1 Å². The number of carbonyl (C=O) groups excluding carboxylic acids is 2. The van der Waals surface area contributed by atoms with Gasteiger partial charge in [0.05, 0.1) is 10.4 Å². The molecule has 2 aliphatic rings. The number of hydrogen-bond donors (Lipinski definition) is 1. The molecule has 27 heavy (non-hydrogen) atoms. The highest BCUT2D eigenvalue weighted by Crippen LogP contribution is 2.46. The monoisotopic (exact) mass is 435 g/mol. The van der Waals surface area contributed by atoms with Gasteiger partial charge >= 0.3 is 5.97 Å². The third-order valence-corrected chi connectivity index (χ3v) is 5.70. The second-order valence-electron chi connectivity index (χ2n) is 7.06. The number of carboxylic acids is 1. The summed E-state index contributed by atoms with van der Waals surface area (Å²) in [7, 11) is 0. The van der Waals surface area contributed by atoms with Crippen LogP contribution in [0, 0.1) is 5.92 Å². The quantitative estimate of drug-likeness (QED) is 0.733. The van der Waals surface area contributed by atoms with E-state index in [1.165, 1.54) is 0 Å². The molecule has 1 aliphatic heterocycles. The molecule has 144 valence electrons. The SMILES string of the molecule is CC(Br)C(=O)N1C(=O)C(c2ccccc2)=C(C(=O)O)OC12CCCCC2C. The van der Waals surface area contributed by atoms with Gasteiger partial charge in [0.25, 0.3) is 5.91 Å². The Morgan fingerprint density at radius 3 is 2.52 bits per heavy atom. The number of benzene rings is 1. The Kier molecular flexibility index (Phi) is 5.42. The first kappa shape index (κ1) is 19.6. The molecule has 1 fully saturated rings. The van der Waals surface area contributed by atoms with Crippen molar-refractivity contribution in [2.45, 2.75) is 50.1 Å². The number of carbonyl (C=O) groups is 3. The standard InChI is InChI=1S/C20H22BrNO5/c1-12-8-6-7-11-20(12)22(17(23)13(2)21)18(24)15(16(27-20)19(25)26)14-9-4-3-5-10-14/h3-5,9-10,12-13H,6-8,11H2,1-2H3,(H,25,26). The predicted octanol–water partition coefficient (Wildman–Crippen LogP) is 3.56. The van der Waals surface area contributed by atoms with E-state index in [1.807, 2.05) is 6.92 Å². The minimum atomic E-state index is -1.31. The minimum absolute atomic E-state index is 0.0898. The molecule has 3 rings (SSSR count). The average molecular weight is 436 g/mol. The van der Waals surface area contributed by atoms with Crippen molar-refractivity contribution in [3.8, 4) is 0 Å². The Hall–Kier alpha value is -2.15. The zero-order valence-electron chi connectivity index (χ0n) is 15.3. The summed E-state index contributed by atoms with van der Waals surface area (Å²) in [6.07, 6.45) is 2.88. The number of imide groups is 1. The molecule has 0 saturated heterocycles. The summed E-state index contributed by atoms with van der Waals surface area (Å²) in [5, 5.41) is 9.77. The van der Waals surface area contributed by atoms with E-state index in [2.05, 4.69) is 15.9 Å². The highest BCUT2D eigenvalue weighted by Gasteiger charge is 2.56. The van der Waals surface area contributed by atoms with E-state index in [1.54, 1.807) is 37.3 Å². The summed E-state index contributed by atoms with van der Waals surface area (Å²) in [6.45, 7) is 3.55. The zero-order chi connectivity index (χ0) is 19.8. The van der Waals surface area contributed by atoms with Crippen LogP contribution >= 0.6 is 15.9 Å². The van der Waals surface area contributed by atoms with E-state index in [-0.39, 0.29) is 17.3 Å². The number of hydrogen-bond acceptors (Lipinski definition) is 4. The topological polar surface area (TPSA) is 83.9 Å². The molecular formula is C20H22BrNO5. The minimum Gasteiger partial charge on any atom is -0.475 e. The third kappa shape index (κ3) is 3.29. The zero-order valence-corrected chi connectivity index (χ0v) is 16.9. The summed E-state index contributed by atoms with van der Waals surface area (Å²) >= 11 is 3.26. The summed E-state index contributed by atoms with van der Waals surface area (Å²) < 4.78 is 6.05. The van der Waals surface area contributed by atoms with Crippen LogP contribution < -0.4 is 0 Å². The third-order valence-electron chi connectivity index (χ3n) is 5.31. The van der Waals surface area contributed by atoms with Crippen molar-refractivity contribution in [2.24, 2.45) is 5.92 Å². The molecule has 7 heteroatoms. The summed E-state index contributed by atoms with van der Waals surface area (Å²) in [4.78, 5) is 39.0. The first-order valence-corrected chi connectivity index (χ1v) is 9.95. The number of ether oxygens (including phenoxy) is 1. The Morgan fingerprint density at radius 2 is 1.96 bits per heavy atom. The number of alkyl halides is 1. The first-order chi connectivity index (χ1) is 12.8. The molecule has 0 aromatic heterocycles. The van der Waals surface area contributed by atoms with E-state index in [4.69, 9.17) is 4.74 Å². The van der Waals surface area contributed by atoms with E-state index < -0.39 is 28.3 Å². The number of rotatable bonds is 3. The molecule has 3 unspecified atom stereocenters. The maximum Gasteiger partial charge on any atom is 0.372 e. The van der Waals surface area contributed by atoms with Crippen LogP contribution in [0.3, 0.4) is 0 Å². The van der Waals surface area contributed by atoms with Crippen LogP contribution in [0.15, 0.2) is 36.1 Å².